The number of anilines is 1. The van der Waals surface area contributed by atoms with Crippen LogP contribution in [0.1, 0.15) is 12.6 Å². The predicted molar refractivity (Wildman–Crippen MR) is 84.1 cm³/mol. The zero-order valence-electron chi connectivity index (χ0n) is 10.5. The van der Waals surface area contributed by atoms with Crippen LogP contribution in [0, 0.1) is 16.3 Å². The van der Waals surface area contributed by atoms with Crippen LogP contribution in [0.2, 0.25) is 5.02 Å². The second-order valence-electron chi connectivity index (χ2n) is 3.98. The first-order valence-corrected chi connectivity index (χ1v) is 7.21. The van der Waals surface area contributed by atoms with Crippen LogP contribution in [0.15, 0.2) is 18.2 Å². The molecular weight excluding hydrogens is 380 g/mol. The summed E-state index contributed by atoms with van der Waals surface area (Å²) in [6.07, 6.45) is 0. The van der Waals surface area contributed by atoms with Gasteiger partial charge in [0.2, 0.25) is 0 Å². The van der Waals surface area contributed by atoms with E-state index in [1.165, 1.54) is 12.1 Å². The Morgan fingerprint density at radius 1 is 1.32 bits per heavy atom. The molecule has 0 spiro atoms. The van der Waals surface area contributed by atoms with Crippen molar-refractivity contribution in [2.45, 2.75) is 13.8 Å². The molecule has 0 bridgehead atoms. The lowest BCUT2D eigenvalue weighted by Gasteiger charge is -2.10. The van der Waals surface area contributed by atoms with Crippen molar-refractivity contribution in [3.05, 3.63) is 38.3 Å². The van der Waals surface area contributed by atoms with Crippen LogP contribution >= 0.6 is 34.2 Å². The van der Waals surface area contributed by atoms with Gasteiger partial charge in [-0.2, -0.15) is 0 Å². The normalized spacial score (nSPS) is 10.6. The Bertz CT molecular complexity index is 599. The summed E-state index contributed by atoms with van der Waals surface area (Å²) < 4.78 is 14.3. The number of benzene rings is 1. The van der Waals surface area contributed by atoms with Gasteiger partial charge in [0.15, 0.2) is 5.82 Å². The van der Waals surface area contributed by atoms with Crippen LogP contribution in [0.4, 0.5) is 10.2 Å². The highest BCUT2D eigenvalue weighted by Gasteiger charge is 2.11. The Kier molecular flexibility index (Phi) is 4.57. The molecule has 0 atom stereocenters. The van der Waals surface area contributed by atoms with Crippen molar-refractivity contribution < 1.29 is 4.39 Å². The molecule has 2 aromatic rings. The first kappa shape index (κ1) is 14.5. The summed E-state index contributed by atoms with van der Waals surface area (Å²) in [5, 5.41) is 3.50. The van der Waals surface area contributed by atoms with Gasteiger partial charge in [0.05, 0.1) is 9.26 Å². The number of aromatic nitrogens is 2. The van der Waals surface area contributed by atoms with Gasteiger partial charge in [0.1, 0.15) is 11.6 Å². The van der Waals surface area contributed by atoms with Crippen molar-refractivity contribution in [1.82, 2.24) is 9.97 Å². The Hall–Kier alpha value is -0.950. The second kappa shape index (κ2) is 6.00. The van der Waals surface area contributed by atoms with E-state index in [-0.39, 0.29) is 0 Å². The van der Waals surface area contributed by atoms with E-state index in [1.807, 2.05) is 13.8 Å². The molecule has 0 saturated carbocycles. The molecule has 0 saturated heterocycles. The number of nitrogens with zero attached hydrogens (tertiary/aromatic N) is 2. The van der Waals surface area contributed by atoms with Crippen LogP contribution in [0.5, 0.6) is 0 Å². The highest BCUT2D eigenvalue weighted by molar-refractivity contribution is 14.1. The zero-order chi connectivity index (χ0) is 14.0. The van der Waals surface area contributed by atoms with E-state index >= 15 is 0 Å². The molecule has 100 valence electrons. The Balaban J connectivity index is 2.55. The summed E-state index contributed by atoms with van der Waals surface area (Å²) in [6.45, 7) is 4.65. The average Bonchev–Trinajstić information content (AvgIpc) is 2.33. The van der Waals surface area contributed by atoms with Crippen molar-refractivity contribution in [3.63, 3.8) is 0 Å². The quantitative estimate of drug-likeness (QED) is 0.794. The molecule has 0 aliphatic rings. The molecule has 6 heteroatoms. The molecule has 3 nitrogen and oxygen atoms in total. The molecule has 0 aliphatic heterocycles. The molecule has 19 heavy (non-hydrogen) atoms. The fourth-order valence-electron chi connectivity index (χ4n) is 1.66. The monoisotopic (exact) mass is 391 g/mol. The predicted octanol–water partition coefficient (Wildman–Crippen LogP) is 4.28. The summed E-state index contributed by atoms with van der Waals surface area (Å²) in [7, 11) is 0. The van der Waals surface area contributed by atoms with Crippen LogP contribution in [-0.4, -0.2) is 16.5 Å². The van der Waals surface area contributed by atoms with Crippen LogP contribution in [-0.2, 0) is 0 Å². The minimum atomic E-state index is -0.396. The van der Waals surface area contributed by atoms with Gasteiger partial charge in [0.25, 0.3) is 0 Å². The van der Waals surface area contributed by atoms with Gasteiger partial charge in [-0.25, -0.2) is 14.4 Å². The maximum Gasteiger partial charge on any atom is 0.161 e. The van der Waals surface area contributed by atoms with Gasteiger partial charge in [-0.1, -0.05) is 11.6 Å². The highest BCUT2D eigenvalue weighted by Crippen LogP contribution is 2.26. The highest BCUT2D eigenvalue weighted by atomic mass is 127. The molecule has 1 aromatic carbocycles. The topological polar surface area (TPSA) is 37.8 Å². The van der Waals surface area contributed by atoms with Gasteiger partial charge < -0.3 is 5.32 Å². The summed E-state index contributed by atoms with van der Waals surface area (Å²) in [4.78, 5) is 8.80. The van der Waals surface area contributed by atoms with Gasteiger partial charge in [-0.3, -0.25) is 0 Å². The SMILES string of the molecule is CCNc1nc(-c2cc(F)cc(Cl)c2)nc(C)c1I. The molecule has 0 unspecified atom stereocenters. The smallest absolute Gasteiger partial charge is 0.161 e. The van der Waals surface area contributed by atoms with Crippen LogP contribution < -0.4 is 5.32 Å². The van der Waals surface area contributed by atoms with Gasteiger partial charge in [-0.15, -0.1) is 0 Å². The maximum atomic E-state index is 13.4. The van der Waals surface area contributed by atoms with E-state index in [9.17, 15) is 4.39 Å². The first-order valence-electron chi connectivity index (χ1n) is 5.75. The number of aryl methyl sites for hydroxylation is 1. The fraction of sp³-hybridized carbons (Fsp3) is 0.231. The molecule has 0 amide bonds. The standard InChI is InChI=1S/C13H12ClFIN3/c1-3-17-13-11(16)7(2)18-12(19-13)8-4-9(14)6-10(15)5-8/h4-6H,3H2,1-2H3,(H,17,18,19). The zero-order valence-corrected chi connectivity index (χ0v) is 13.4. The lowest BCUT2D eigenvalue weighted by Crippen LogP contribution is -2.06. The summed E-state index contributed by atoms with van der Waals surface area (Å²) >= 11 is 8.05. The van der Waals surface area contributed by atoms with E-state index in [2.05, 4.69) is 37.9 Å². The molecule has 1 aromatic heterocycles. The third kappa shape index (κ3) is 3.33. The minimum Gasteiger partial charge on any atom is -0.369 e. The molecule has 0 aliphatic carbocycles. The summed E-state index contributed by atoms with van der Waals surface area (Å²) in [6, 6.07) is 4.29. The number of hydrogen-bond donors (Lipinski definition) is 1. The number of nitrogens with one attached hydrogen (secondary N) is 1. The molecule has 0 radical (unpaired) electrons. The Labute approximate surface area is 129 Å². The minimum absolute atomic E-state index is 0.333. The second-order valence-corrected chi connectivity index (χ2v) is 5.50. The van der Waals surface area contributed by atoms with E-state index in [1.54, 1.807) is 6.07 Å². The average molecular weight is 392 g/mol. The lowest BCUT2D eigenvalue weighted by molar-refractivity contribution is 0.628. The number of rotatable bonds is 3. The molecule has 0 fully saturated rings. The van der Waals surface area contributed by atoms with E-state index < -0.39 is 5.82 Å². The van der Waals surface area contributed by atoms with Crippen molar-refractivity contribution in [2.24, 2.45) is 0 Å². The number of halogens is 3. The third-order valence-corrected chi connectivity index (χ3v) is 3.99. The first-order chi connectivity index (χ1) is 9.01. The maximum absolute atomic E-state index is 13.4. The molecule has 1 N–H and O–H groups in total. The van der Waals surface area contributed by atoms with Gasteiger partial charge in [-0.05, 0) is 54.6 Å². The number of hydrogen-bond acceptors (Lipinski definition) is 3. The van der Waals surface area contributed by atoms with Crippen LogP contribution in [0.3, 0.4) is 0 Å². The largest absolute Gasteiger partial charge is 0.369 e. The van der Waals surface area contributed by atoms with E-state index in [0.29, 0.717) is 16.4 Å². The van der Waals surface area contributed by atoms with Gasteiger partial charge >= 0.3 is 0 Å². The third-order valence-electron chi connectivity index (χ3n) is 2.48. The van der Waals surface area contributed by atoms with Gasteiger partial charge in [0, 0.05) is 17.1 Å². The lowest BCUT2D eigenvalue weighted by atomic mass is 10.2. The van der Waals surface area contributed by atoms with E-state index in [4.69, 9.17) is 11.6 Å². The Morgan fingerprint density at radius 2 is 2.05 bits per heavy atom. The van der Waals surface area contributed by atoms with Crippen molar-refractivity contribution in [2.75, 3.05) is 11.9 Å². The van der Waals surface area contributed by atoms with E-state index in [0.717, 1.165) is 21.6 Å². The molecule has 1 heterocycles. The van der Waals surface area contributed by atoms with Crippen molar-refractivity contribution in [3.8, 4) is 11.4 Å². The summed E-state index contributed by atoms with van der Waals surface area (Å²) in [5.74, 6) is 0.827. The van der Waals surface area contributed by atoms with Crippen LogP contribution in [0.25, 0.3) is 11.4 Å². The Morgan fingerprint density at radius 3 is 2.68 bits per heavy atom. The molecular formula is C13H12ClFIN3. The fourth-order valence-corrected chi connectivity index (χ4v) is 2.31. The van der Waals surface area contributed by atoms with Crippen molar-refractivity contribution >= 4 is 40.0 Å². The van der Waals surface area contributed by atoms with Crippen molar-refractivity contribution in [1.29, 1.82) is 0 Å². The molecule has 2 rings (SSSR count). The summed E-state index contributed by atoms with van der Waals surface area (Å²) in [5.41, 5.74) is 1.42.